The predicted molar refractivity (Wildman–Crippen MR) is 183 cm³/mol. The molecule has 0 spiro atoms. The predicted octanol–water partition coefficient (Wildman–Crippen LogP) is 8.67. The highest BCUT2D eigenvalue weighted by molar-refractivity contribution is 5.77. The first-order chi connectivity index (χ1) is 19.7. The van der Waals surface area contributed by atoms with Gasteiger partial charge in [0.1, 0.15) is 24.2 Å². The van der Waals surface area contributed by atoms with Gasteiger partial charge in [0.25, 0.3) is 0 Å². The molecule has 0 aliphatic rings. The van der Waals surface area contributed by atoms with E-state index in [1.807, 2.05) is 118 Å². The number of carbonyl (C=O) groups excluding carboxylic acids is 1. The molecular formula is C37H70O8. The molecule has 0 aliphatic carbocycles. The molecule has 0 rings (SSSR count). The zero-order valence-electron chi connectivity index (χ0n) is 32.4. The van der Waals surface area contributed by atoms with Crippen LogP contribution in [-0.2, 0) is 38.0 Å². The highest BCUT2D eigenvalue weighted by Gasteiger charge is 2.43. The normalized spacial score (nSPS) is 14.3. The first kappa shape index (κ1) is 43.4. The first-order valence-corrected chi connectivity index (χ1v) is 16.1. The summed E-state index contributed by atoms with van der Waals surface area (Å²) >= 11 is 0. The van der Waals surface area contributed by atoms with E-state index >= 15 is 0 Å². The van der Waals surface area contributed by atoms with Crippen LogP contribution in [0.2, 0.25) is 0 Å². The summed E-state index contributed by atoms with van der Waals surface area (Å²) in [5.74, 6) is 0.450. The van der Waals surface area contributed by atoms with Crippen LogP contribution in [0.1, 0.15) is 125 Å². The van der Waals surface area contributed by atoms with Crippen molar-refractivity contribution in [1.82, 2.24) is 0 Å². The third kappa shape index (κ3) is 18.3. The Labute approximate surface area is 276 Å². The quantitative estimate of drug-likeness (QED) is 0.115. The molecule has 0 N–H and O–H groups in total. The number of hydrogen-bond donors (Lipinski definition) is 0. The summed E-state index contributed by atoms with van der Waals surface area (Å²) in [7, 11) is 0. The fourth-order valence-corrected chi connectivity index (χ4v) is 3.31. The molecule has 0 aromatic rings. The van der Waals surface area contributed by atoms with Gasteiger partial charge in [-0.2, -0.15) is 0 Å². The number of ether oxygens (including phenoxy) is 7. The fraction of sp³-hybridized carbons (Fsp3) is 0.865. The van der Waals surface area contributed by atoms with E-state index in [1.54, 1.807) is 6.92 Å². The molecule has 0 fully saturated rings. The standard InChI is InChI=1S/C37H70O8/c1-27(35(18,23-41-30(3,4)5)24-42-31(6,7)8)39-21-37(20,29(38)45-34(15,16)17)22-40-28(2)36(19,25-43-32(9,10)11)26-44-33(12,13)14/h1-2,21-26H2,3-20H3. The van der Waals surface area contributed by atoms with E-state index in [4.69, 9.17) is 33.2 Å². The summed E-state index contributed by atoms with van der Waals surface area (Å²) in [6.07, 6.45) is 0. The molecule has 0 aliphatic heterocycles. The van der Waals surface area contributed by atoms with Gasteiger partial charge in [-0.25, -0.2) is 0 Å². The van der Waals surface area contributed by atoms with E-state index in [9.17, 15) is 4.79 Å². The zero-order valence-corrected chi connectivity index (χ0v) is 32.4. The molecule has 0 atom stereocenters. The zero-order chi connectivity index (χ0) is 35.9. The van der Waals surface area contributed by atoms with Crippen LogP contribution in [0, 0.1) is 16.2 Å². The van der Waals surface area contributed by atoms with Gasteiger partial charge in [-0.05, 0) is 125 Å². The van der Waals surface area contributed by atoms with Gasteiger partial charge >= 0.3 is 5.97 Å². The lowest BCUT2D eigenvalue weighted by atomic mass is 9.88. The van der Waals surface area contributed by atoms with Crippen molar-refractivity contribution in [3.8, 4) is 0 Å². The minimum absolute atomic E-state index is 0.0393. The molecule has 0 heterocycles. The third-order valence-corrected chi connectivity index (χ3v) is 6.66. The second kappa shape index (κ2) is 15.5. The van der Waals surface area contributed by atoms with Crippen LogP contribution in [0.5, 0.6) is 0 Å². The molecule has 266 valence electrons. The van der Waals surface area contributed by atoms with Gasteiger partial charge < -0.3 is 33.2 Å². The molecule has 0 saturated heterocycles. The van der Waals surface area contributed by atoms with Crippen LogP contribution in [-0.4, -0.2) is 73.6 Å². The lowest BCUT2D eigenvalue weighted by molar-refractivity contribution is -0.174. The molecule has 8 heteroatoms. The van der Waals surface area contributed by atoms with Crippen molar-refractivity contribution in [3.63, 3.8) is 0 Å². The molecule has 0 radical (unpaired) electrons. The molecule has 0 amide bonds. The lowest BCUT2D eigenvalue weighted by Gasteiger charge is -2.39. The van der Waals surface area contributed by atoms with Crippen LogP contribution in [0.25, 0.3) is 0 Å². The summed E-state index contributed by atoms with van der Waals surface area (Å²) in [5.41, 5.74) is -4.78. The Morgan fingerprint density at radius 3 is 0.844 bits per heavy atom. The Balaban J connectivity index is 6.21. The summed E-state index contributed by atoms with van der Waals surface area (Å²) < 4.78 is 43.2. The number of hydrogen-bond acceptors (Lipinski definition) is 8. The Morgan fingerprint density at radius 1 is 0.400 bits per heavy atom. The van der Waals surface area contributed by atoms with Crippen LogP contribution >= 0.6 is 0 Å². The van der Waals surface area contributed by atoms with E-state index in [2.05, 4.69) is 13.2 Å². The average Bonchev–Trinajstić information content (AvgIpc) is 2.82. The van der Waals surface area contributed by atoms with Crippen molar-refractivity contribution >= 4 is 5.97 Å². The smallest absolute Gasteiger partial charge is 0.319 e. The SMILES string of the molecule is C=C(OCC(C)(COC(=C)C(C)(COC(C)(C)C)COC(C)(C)C)C(=O)OC(C)(C)C)C(C)(COC(C)(C)C)COC(C)(C)C. The summed E-state index contributed by atoms with van der Waals surface area (Å²) in [4.78, 5) is 13.7. The van der Waals surface area contributed by atoms with Crippen LogP contribution in [0.4, 0.5) is 0 Å². The molecule has 0 aromatic carbocycles. The highest BCUT2D eigenvalue weighted by Crippen LogP contribution is 2.36. The topological polar surface area (TPSA) is 81.7 Å². The van der Waals surface area contributed by atoms with E-state index < -0.39 is 27.8 Å². The number of carbonyl (C=O) groups is 1. The van der Waals surface area contributed by atoms with E-state index in [0.29, 0.717) is 37.9 Å². The monoisotopic (exact) mass is 643 g/mol. The van der Waals surface area contributed by atoms with Crippen LogP contribution in [0.3, 0.4) is 0 Å². The maximum Gasteiger partial charge on any atom is 0.319 e. The molecule has 8 nitrogen and oxygen atoms in total. The number of rotatable bonds is 17. The van der Waals surface area contributed by atoms with Gasteiger partial charge in [-0.1, -0.05) is 13.2 Å². The molecule has 45 heavy (non-hydrogen) atoms. The molecular weight excluding hydrogens is 572 g/mol. The number of esters is 1. The van der Waals surface area contributed by atoms with Gasteiger partial charge in [-0.15, -0.1) is 0 Å². The second-order valence-corrected chi connectivity index (χ2v) is 18.2. The van der Waals surface area contributed by atoms with Crippen LogP contribution < -0.4 is 0 Å². The van der Waals surface area contributed by atoms with Crippen molar-refractivity contribution in [2.45, 2.75) is 153 Å². The molecule has 0 aromatic heterocycles. The summed E-state index contributed by atoms with van der Waals surface area (Å²) in [5, 5.41) is 0. The molecule has 0 bridgehead atoms. The Kier molecular flexibility index (Phi) is 15.0. The maximum absolute atomic E-state index is 13.7. The van der Waals surface area contributed by atoms with Crippen molar-refractivity contribution in [1.29, 1.82) is 0 Å². The fourth-order valence-electron chi connectivity index (χ4n) is 3.31. The Hall–Kier alpha value is -1.61. The summed E-state index contributed by atoms with van der Waals surface area (Å²) in [6, 6.07) is 0. The summed E-state index contributed by atoms with van der Waals surface area (Å²) in [6.45, 7) is 45.0. The van der Waals surface area contributed by atoms with Crippen molar-refractivity contribution in [2.75, 3.05) is 39.6 Å². The maximum atomic E-state index is 13.7. The molecule has 0 saturated carbocycles. The van der Waals surface area contributed by atoms with Crippen molar-refractivity contribution < 1.29 is 38.0 Å². The minimum Gasteiger partial charge on any atom is -0.496 e. The third-order valence-electron chi connectivity index (χ3n) is 6.66. The lowest BCUT2D eigenvalue weighted by Crippen LogP contribution is -2.45. The Bertz CT molecular complexity index is 863. The van der Waals surface area contributed by atoms with Gasteiger partial charge in [0.05, 0.1) is 71.2 Å². The van der Waals surface area contributed by atoms with Gasteiger partial charge in [0, 0.05) is 0 Å². The Morgan fingerprint density at radius 2 is 0.644 bits per heavy atom. The first-order valence-electron chi connectivity index (χ1n) is 16.1. The van der Waals surface area contributed by atoms with E-state index in [1.165, 1.54) is 0 Å². The molecule has 0 unspecified atom stereocenters. The van der Waals surface area contributed by atoms with Crippen molar-refractivity contribution in [2.24, 2.45) is 16.2 Å². The van der Waals surface area contributed by atoms with E-state index in [-0.39, 0.29) is 35.6 Å². The van der Waals surface area contributed by atoms with Crippen LogP contribution in [0.15, 0.2) is 24.7 Å². The highest BCUT2D eigenvalue weighted by atomic mass is 16.6. The van der Waals surface area contributed by atoms with Crippen molar-refractivity contribution in [3.05, 3.63) is 24.7 Å². The second-order valence-electron chi connectivity index (χ2n) is 18.2. The van der Waals surface area contributed by atoms with Gasteiger partial charge in [-0.3, -0.25) is 4.79 Å². The van der Waals surface area contributed by atoms with Gasteiger partial charge in [0.2, 0.25) is 0 Å². The minimum atomic E-state index is -1.20. The largest absolute Gasteiger partial charge is 0.496 e. The van der Waals surface area contributed by atoms with Gasteiger partial charge in [0.15, 0.2) is 0 Å². The van der Waals surface area contributed by atoms with E-state index in [0.717, 1.165) is 0 Å². The average molecular weight is 643 g/mol.